The number of sulfonamides is 1. The number of carbonyl (C=O) groups excluding carboxylic acids is 2. The number of nitrogens with one attached hydrogen (secondary N) is 3. The van der Waals surface area contributed by atoms with E-state index in [1.165, 1.54) is 0 Å². The van der Waals surface area contributed by atoms with Gasteiger partial charge in [-0.25, -0.2) is 13.1 Å². The fourth-order valence-electron chi connectivity index (χ4n) is 3.43. The average molecular weight is 480 g/mol. The molecule has 0 spiro atoms. The Hall–Kier alpha value is -3.49. The van der Waals surface area contributed by atoms with Crippen LogP contribution in [0.5, 0.6) is 0 Å². The van der Waals surface area contributed by atoms with Crippen LogP contribution < -0.4 is 15.4 Å². The Morgan fingerprint density at radius 2 is 1.56 bits per heavy atom. The Morgan fingerprint density at radius 1 is 0.853 bits per heavy atom. The van der Waals surface area contributed by atoms with Crippen molar-refractivity contribution in [1.82, 2.24) is 10.0 Å². The zero-order chi connectivity index (χ0) is 24.7. The van der Waals surface area contributed by atoms with Crippen LogP contribution in [0.3, 0.4) is 0 Å². The van der Waals surface area contributed by atoms with Crippen LogP contribution in [-0.2, 0) is 21.4 Å². The molecule has 3 rings (SSSR count). The lowest BCUT2D eigenvalue weighted by molar-refractivity contribution is -0.121. The molecule has 0 saturated carbocycles. The van der Waals surface area contributed by atoms with Gasteiger partial charge in [0.25, 0.3) is 5.91 Å². The fourth-order valence-corrected chi connectivity index (χ4v) is 4.69. The molecule has 2 amide bonds. The lowest BCUT2D eigenvalue weighted by atomic mass is 10.1. The lowest BCUT2D eigenvalue weighted by Gasteiger charge is -2.11. The molecular weight excluding hydrogens is 450 g/mol. The highest BCUT2D eigenvalue weighted by atomic mass is 32.2. The number of aryl methyl sites for hydroxylation is 3. The van der Waals surface area contributed by atoms with Crippen molar-refractivity contribution in [1.29, 1.82) is 0 Å². The van der Waals surface area contributed by atoms with E-state index in [-0.39, 0.29) is 36.2 Å². The molecule has 3 N–H and O–H groups in total. The van der Waals surface area contributed by atoms with E-state index in [9.17, 15) is 18.0 Å². The van der Waals surface area contributed by atoms with E-state index in [0.717, 1.165) is 16.7 Å². The molecule has 8 heteroatoms. The first-order chi connectivity index (χ1) is 16.1. The van der Waals surface area contributed by atoms with E-state index >= 15 is 0 Å². The summed E-state index contributed by atoms with van der Waals surface area (Å²) in [7, 11) is -3.68. The van der Waals surface area contributed by atoms with Gasteiger partial charge in [0.05, 0.1) is 4.90 Å². The summed E-state index contributed by atoms with van der Waals surface area (Å²) in [6.45, 7) is 5.85. The number of benzene rings is 3. The molecule has 0 atom stereocenters. The maximum absolute atomic E-state index is 12.5. The molecule has 178 valence electrons. The monoisotopic (exact) mass is 479 g/mol. The standard InChI is InChI=1S/C26H29N3O4S/c1-18-7-10-22(11-8-18)26(31)29-23-6-4-5-21(16-23)17-27-25(30)13-14-28-34(32,33)24-12-9-19(2)15-20(24)3/h4-12,15-16,28H,13-14,17H2,1-3H3,(H,27,30)(H,29,31). The van der Waals surface area contributed by atoms with Crippen molar-refractivity contribution in [3.8, 4) is 0 Å². The summed E-state index contributed by atoms with van der Waals surface area (Å²) < 4.78 is 27.5. The minimum absolute atomic E-state index is 0.00582. The van der Waals surface area contributed by atoms with Gasteiger partial charge in [-0.3, -0.25) is 9.59 Å². The second kappa shape index (κ2) is 11.1. The van der Waals surface area contributed by atoms with Crippen LogP contribution in [0.2, 0.25) is 0 Å². The van der Waals surface area contributed by atoms with Crippen LogP contribution >= 0.6 is 0 Å². The number of amides is 2. The Morgan fingerprint density at radius 3 is 2.26 bits per heavy atom. The second-order valence-electron chi connectivity index (χ2n) is 8.21. The molecule has 0 aliphatic rings. The summed E-state index contributed by atoms with van der Waals surface area (Å²) in [5, 5.41) is 5.63. The quantitative estimate of drug-likeness (QED) is 0.434. The number of hydrogen-bond donors (Lipinski definition) is 3. The van der Waals surface area contributed by atoms with Gasteiger partial charge in [-0.05, 0) is 62.2 Å². The summed E-state index contributed by atoms with van der Waals surface area (Å²) in [6, 6.07) is 19.6. The van der Waals surface area contributed by atoms with E-state index in [0.29, 0.717) is 16.8 Å². The SMILES string of the molecule is Cc1ccc(C(=O)Nc2cccc(CNC(=O)CCNS(=O)(=O)c3ccc(C)cc3C)c2)cc1. The van der Waals surface area contributed by atoms with E-state index < -0.39 is 10.0 Å². The van der Waals surface area contributed by atoms with E-state index in [1.807, 2.05) is 32.0 Å². The molecular formula is C26H29N3O4S. The number of rotatable bonds is 9. The first-order valence-electron chi connectivity index (χ1n) is 10.9. The van der Waals surface area contributed by atoms with Crippen LogP contribution in [0.15, 0.2) is 71.6 Å². The molecule has 0 radical (unpaired) electrons. The zero-order valence-corrected chi connectivity index (χ0v) is 20.3. The fraction of sp³-hybridized carbons (Fsp3) is 0.231. The molecule has 7 nitrogen and oxygen atoms in total. The zero-order valence-electron chi connectivity index (χ0n) is 19.5. The van der Waals surface area contributed by atoms with E-state index in [1.54, 1.807) is 55.5 Å². The van der Waals surface area contributed by atoms with Gasteiger partial charge in [-0.15, -0.1) is 0 Å². The van der Waals surface area contributed by atoms with Crippen molar-refractivity contribution in [3.05, 3.63) is 94.5 Å². The highest BCUT2D eigenvalue weighted by Gasteiger charge is 2.16. The van der Waals surface area contributed by atoms with Crippen molar-refractivity contribution in [3.63, 3.8) is 0 Å². The Labute approximate surface area is 200 Å². The van der Waals surface area contributed by atoms with Gasteiger partial charge in [-0.2, -0.15) is 0 Å². The summed E-state index contributed by atoms with van der Waals surface area (Å²) in [5.41, 5.74) is 4.71. The Bertz CT molecular complexity index is 1290. The first-order valence-corrected chi connectivity index (χ1v) is 12.4. The molecule has 0 aromatic heterocycles. The largest absolute Gasteiger partial charge is 0.352 e. The smallest absolute Gasteiger partial charge is 0.255 e. The molecule has 0 fully saturated rings. The predicted octanol–water partition coefficient (Wildman–Crippen LogP) is 3.85. The third-order valence-corrected chi connectivity index (χ3v) is 6.87. The summed E-state index contributed by atoms with van der Waals surface area (Å²) in [6.07, 6.45) is 0.00793. The van der Waals surface area contributed by atoms with Crippen LogP contribution in [0, 0.1) is 20.8 Å². The van der Waals surface area contributed by atoms with Crippen LogP contribution in [0.1, 0.15) is 39.0 Å². The van der Waals surface area contributed by atoms with Crippen LogP contribution in [0.25, 0.3) is 0 Å². The lowest BCUT2D eigenvalue weighted by Crippen LogP contribution is -2.31. The number of carbonyl (C=O) groups is 2. The van der Waals surface area contributed by atoms with Crippen molar-refractivity contribution in [2.75, 3.05) is 11.9 Å². The highest BCUT2D eigenvalue weighted by molar-refractivity contribution is 7.89. The van der Waals surface area contributed by atoms with E-state index in [4.69, 9.17) is 0 Å². The molecule has 0 aliphatic carbocycles. The minimum atomic E-state index is -3.68. The molecule has 34 heavy (non-hydrogen) atoms. The third-order valence-electron chi connectivity index (χ3n) is 5.25. The molecule has 0 saturated heterocycles. The maximum atomic E-state index is 12.5. The molecule has 3 aromatic carbocycles. The number of hydrogen-bond acceptors (Lipinski definition) is 4. The van der Waals surface area contributed by atoms with Crippen molar-refractivity contribution in [2.24, 2.45) is 0 Å². The first kappa shape index (κ1) is 25.1. The Kier molecular flexibility index (Phi) is 8.20. The van der Waals surface area contributed by atoms with Gasteiger partial charge in [0.1, 0.15) is 0 Å². The van der Waals surface area contributed by atoms with Crippen molar-refractivity contribution < 1.29 is 18.0 Å². The average Bonchev–Trinajstić information content (AvgIpc) is 2.78. The third kappa shape index (κ3) is 7.00. The van der Waals surface area contributed by atoms with Crippen LogP contribution in [0.4, 0.5) is 5.69 Å². The molecule has 0 heterocycles. The summed E-state index contributed by atoms with van der Waals surface area (Å²) >= 11 is 0. The topological polar surface area (TPSA) is 104 Å². The number of anilines is 1. The summed E-state index contributed by atoms with van der Waals surface area (Å²) in [5.74, 6) is -0.491. The van der Waals surface area contributed by atoms with Gasteiger partial charge in [0.15, 0.2) is 0 Å². The van der Waals surface area contributed by atoms with Crippen molar-refractivity contribution >= 4 is 27.5 Å². The molecule has 3 aromatic rings. The molecule has 0 bridgehead atoms. The molecule has 0 unspecified atom stereocenters. The van der Waals surface area contributed by atoms with Gasteiger partial charge in [0, 0.05) is 30.8 Å². The van der Waals surface area contributed by atoms with E-state index in [2.05, 4.69) is 15.4 Å². The maximum Gasteiger partial charge on any atom is 0.255 e. The van der Waals surface area contributed by atoms with Gasteiger partial charge >= 0.3 is 0 Å². The highest BCUT2D eigenvalue weighted by Crippen LogP contribution is 2.16. The van der Waals surface area contributed by atoms with Crippen LogP contribution in [-0.4, -0.2) is 26.8 Å². The van der Waals surface area contributed by atoms with Crippen molar-refractivity contribution in [2.45, 2.75) is 38.6 Å². The summed E-state index contributed by atoms with van der Waals surface area (Å²) in [4.78, 5) is 24.8. The predicted molar refractivity (Wildman–Crippen MR) is 133 cm³/mol. The minimum Gasteiger partial charge on any atom is -0.352 e. The molecule has 0 aliphatic heterocycles. The van der Waals surface area contributed by atoms with Gasteiger partial charge < -0.3 is 10.6 Å². The van der Waals surface area contributed by atoms with Gasteiger partial charge in [-0.1, -0.05) is 47.5 Å². The normalized spacial score (nSPS) is 11.1. The Balaban J connectivity index is 1.48. The second-order valence-corrected chi connectivity index (χ2v) is 9.95. The van der Waals surface area contributed by atoms with Gasteiger partial charge in [0.2, 0.25) is 15.9 Å².